The van der Waals surface area contributed by atoms with Crippen LogP contribution in [0.1, 0.15) is 22.5 Å². The van der Waals surface area contributed by atoms with Crippen molar-refractivity contribution in [2.45, 2.75) is 18.9 Å². The molecule has 1 aromatic heterocycles. The van der Waals surface area contributed by atoms with Gasteiger partial charge in [-0.15, -0.1) is 0 Å². The Hall–Kier alpha value is -2.38. The normalized spacial score (nSPS) is 20.1. The lowest BCUT2D eigenvalue weighted by molar-refractivity contribution is -0.144. The molecule has 0 bridgehead atoms. The SMILES string of the molecule is Cc1c(C(=O)NC2(C(=O)O)CCOC2)cnn1-c1ccccc1Cl. The second kappa shape index (κ2) is 6.26. The van der Waals surface area contributed by atoms with Crippen LogP contribution in [0.4, 0.5) is 0 Å². The summed E-state index contributed by atoms with van der Waals surface area (Å²) in [6.45, 7) is 1.97. The quantitative estimate of drug-likeness (QED) is 0.878. The first-order valence-electron chi connectivity index (χ1n) is 7.38. The van der Waals surface area contributed by atoms with Crippen LogP contribution in [0.25, 0.3) is 5.69 Å². The lowest BCUT2D eigenvalue weighted by atomic mass is 9.98. The second-order valence-electron chi connectivity index (χ2n) is 5.65. The van der Waals surface area contributed by atoms with Gasteiger partial charge in [-0.1, -0.05) is 23.7 Å². The van der Waals surface area contributed by atoms with Gasteiger partial charge >= 0.3 is 5.97 Å². The van der Waals surface area contributed by atoms with Gasteiger partial charge in [-0.3, -0.25) is 4.79 Å². The molecule has 126 valence electrons. The predicted molar refractivity (Wildman–Crippen MR) is 86.6 cm³/mol. The molecule has 1 unspecified atom stereocenters. The van der Waals surface area contributed by atoms with E-state index >= 15 is 0 Å². The third kappa shape index (κ3) is 2.76. The van der Waals surface area contributed by atoms with Gasteiger partial charge in [-0.05, 0) is 19.1 Å². The Morgan fingerprint density at radius 1 is 1.42 bits per heavy atom. The maximum atomic E-state index is 12.5. The van der Waals surface area contributed by atoms with Crippen molar-refractivity contribution in [3.05, 3.63) is 46.7 Å². The monoisotopic (exact) mass is 349 g/mol. The standard InChI is InChI=1S/C16H16ClN3O4/c1-10-11(8-18-20(10)13-5-3-2-4-12(13)17)14(21)19-16(15(22)23)6-7-24-9-16/h2-5,8H,6-7,9H2,1H3,(H,19,21)(H,22,23). The summed E-state index contributed by atoms with van der Waals surface area (Å²) in [7, 11) is 0. The number of amides is 1. The molecule has 1 saturated heterocycles. The first-order valence-corrected chi connectivity index (χ1v) is 7.75. The summed E-state index contributed by atoms with van der Waals surface area (Å²) in [5, 5.41) is 16.7. The van der Waals surface area contributed by atoms with Crippen molar-refractivity contribution in [1.29, 1.82) is 0 Å². The number of nitrogens with one attached hydrogen (secondary N) is 1. The zero-order valence-electron chi connectivity index (χ0n) is 13.0. The smallest absolute Gasteiger partial charge is 0.331 e. The Bertz CT molecular complexity index is 796. The molecule has 7 nitrogen and oxygen atoms in total. The second-order valence-corrected chi connectivity index (χ2v) is 6.06. The molecule has 0 radical (unpaired) electrons. The number of rotatable bonds is 4. The maximum absolute atomic E-state index is 12.5. The van der Waals surface area contributed by atoms with Gasteiger partial charge in [-0.25, -0.2) is 9.48 Å². The highest BCUT2D eigenvalue weighted by molar-refractivity contribution is 6.32. The summed E-state index contributed by atoms with van der Waals surface area (Å²) >= 11 is 6.17. The number of hydrogen-bond acceptors (Lipinski definition) is 4. The van der Waals surface area contributed by atoms with Gasteiger partial charge in [0.1, 0.15) is 0 Å². The van der Waals surface area contributed by atoms with Gasteiger partial charge in [0.2, 0.25) is 0 Å². The number of carboxylic acid groups (broad SMARTS) is 1. The van der Waals surface area contributed by atoms with E-state index in [4.69, 9.17) is 16.3 Å². The van der Waals surface area contributed by atoms with E-state index in [2.05, 4.69) is 10.4 Å². The number of carbonyl (C=O) groups excluding carboxylic acids is 1. The van der Waals surface area contributed by atoms with E-state index in [1.54, 1.807) is 29.8 Å². The van der Waals surface area contributed by atoms with Crippen LogP contribution in [0.3, 0.4) is 0 Å². The summed E-state index contributed by atoms with van der Waals surface area (Å²) in [4.78, 5) is 24.1. The average Bonchev–Trinajstić information content (AvgIpc) is 3.16. The first-order chi connectivity index (χ1) is 11.4. The number of nitrogens with zero attached hydrogens (tertiary/aromatic N) is 2. The molecule has 0 aliphatic carbocycles. The molecule has 3 rings (SSSR count). The Morgan fingerprint density at radius 2 is 2.17 bits per heavy atom. The van der Waals surface area contributed by atoms with Crippen molar-refractivity contribution in [2.75, 3.05) is 13.2 Å². The van der Waals surface area contributed by atoms with E-state index in [0.717, 1.165) is 0 Å². The summed E-state index contributed by atoms with van der Waals surface area (Å²) in [6, 6.07) is 7.13. The summed E-state index contributed by atoms with van der Waals surface area (Å²) in [5.41, 5.74) is 0.117. The Labute approximate surface area is 143 Å². The topological polar surface area (TPSA) is 93.5 Å². The molecule has 2 heterocycles. The lowest BCUT2D eigenvalue weighted by Gasteiger charge is -2.23. The van der Waals surface area contributed by atoms with Gasteiger partial charge in [0.25, 0.3) is 5.91 Å². The third-order valence-electron chi connectivity index (χ3n) is 4.12. The zero-order chi connectivity index (χ0) is 17.3. The number of aromatic nitrogens is 2. The molecule has 2 N–H and O–H groups in total. The van der Waals surface area contributed by atoms with Crippen LogP contribution >= 0.6 is 11.6 Å². The van der Waals surface area contributed by atoms with E-state index < -0.39 is 17.4 Å². The van der Waals surface area contributed by atoms with Crippen molar-refractivity contribution in [3.8, 4) is 5.69 Å². The summed E-state index contributed by atoms with van der Waals surface area (Å²) < 4.78 is 6.70. The molecule has 0 saturated carbocycles. The van der Waals surface area contributed by atoms with Crippen LogP contribution in [0.5, 0.6) is 0 Å². The zero-order valence-corrected chi connectivity index (χ0v) is 13.7. The summed E-state index contributed by atoms with van der Waals surface area (Å²) in [6.07, 6.45) is 1.63. The molecule has 1 fully saturated rings. The number of aliphatic carboxylic acids is 1. The van der Waals surface area contributed by atoms with E-state index in [1.165, 1.54) is 6.20 Å². The fourth-order valence-corrected chi connectivity index (χ4v) is 2.89. The van der Waals surface area contributed by atoms with Crippen molar-refractivity contribution in [2.24, 2.45) is 0 Å². The highest BCUT2D eigenvalue weighted by atomic mass is 35.5. The van der Waals surface area contributed by atoms with Gasteiger partial charge in [0.05, 0.1) is 34.8 Å². The molecule has 8 heteroatoms. The van der Waals surface area contributed by atoms with Gasteiger partial charge in [-0.2, -0.15) is 5.10 Å². The van der Waals surface area contributed by atoms with Crippen LogP contribution in [-0.4, -0.2) is 45.5 Å². The fraction of sp³-hybridized carbons (Fsp3) is 0.312. The number of halogens is 1. The first kappa shape index (κ1) is 16.5. The summed E-state index contributed by atoms with van der Waals surface area (Å²) in [5.74, 6) is -1.61. The van der Waals surface area contributed by atoms with Crippen molar-refractivity contribution >= 4 is 23.5 Å². The average molecular weight is 350 g/mol. The van der Waals surface area contributed by atoms with E-state index in [-0.39, 0.29) is 13.0 Å². The van der Waals surface area contributed by atoms with Crippen LogP contribution in [0, 0.1) is 6.92 Å². The van der Waals surface area contributed by atoms with Crippen LogP contribution in [0.15, 0.2) is 30.5 Å². The van der Waals surface area contributed by atoms with Gasteiger partial charge in [0, 0.05) is 13.0 Å². The number of ether oxygens (including phenoxy) is 1. The van der Waals surface area contributed by atoms with E-state index in [9.17, 15) is 14.7 Å². The molecule has 24 heavy (non-hydrogen) atoms. The van der Waals surface area contributed by atoms with E-state index in [0.29, 0.717) is 28.6 Å². The number of carbonyl (C=O) groups is 2. The fourth-order valence-electron chi connectivity index (χ4n) is 2.67. The Balaban J connectivity index is 1.90. The maximum Gasteiger partial charge on any atom is 0.331 e. The van der Waals surface area contributed by atoms with Crippen molar-refractivity contribution < 1.29 is 19.4 Å². The molecule has 2 aromatic rings. The minimum atomic E-state index is -1.39. The molecule has 1 aliphatic heterocycles. The number of hydrogen-bond donors (Lipinski definition) is 2. The molecular weight excluding hydrogens is 334 g/mol. The van der Waals surface area contributed by atoms with Gasteiger partial charge in [0.15, 0.2) is 5.54 Å². The largest absolute Gasteiger partial charge is 0.479 e. The molecular formula is C16H16ClN3O4. The number of carboxylic acids is 1. The highest BCUT2D eigenvalue weighted by Gasteiger charge is 2.44. The minimum absolute atomic E-state index is 0.0498. The molecule has 1 aliphatic rings. The van der Waals surface area contributed by atoms with Crippen LogP contribution in [-0.2, 0) is 9.53 Å². The molecule has 1 atom stereocenters. The minimum Gasteiger partial charge on any atom is -0.479 e. The molecule has 0 spiro atoms. The molecule has 1 aromatic carbocycles. The van der Waals surface area contributed by atoms with Crippen LogP contribution < -0.4 is 5.32 Å². The van der Waals surface area contributed by atoms with Crippen molar-refractivity contribution in [3.63, 3.8) is 0 Å². The Morgan fingerprint density at radius 3 is 2.79 bits per heavy atom. The lowest BCUT2D eigenvalue weighted by Crippen LogP contribution is -2.55. The Kier molecular flexibility index (Phi) is 4.29. The number of para-hydroxylation sites is 1. The number of benzene rings is 1. The predicted octanol–water partition coefficient (Wildman–Crippen LogP) is 1.81. The van der Waals surface area contributed by atoms with Crippen LogP contribution in [0.2, 0.25) is 5.02 Å². The molecule has 1 amide bonds. The third-order valence-corrected chi connectivity index (χ3v) is 4.44. The highest BCUT2D eigenvalue weighted by Crippen LogP contribution is 2.23. The van der Waals surface area contributed by atoms with Gasteiger partial charge < -0.3 is 15.2 Å². The van der Waals surface area contributed by atoms with E-state index in [1.807, 2.05) is 6.07 Å². The van der Waals surface area contributed by atoms with Crippen molar-refractivity contribution in [1.82, 2.24) is 15.1 Å².